The van der Waals surface area contributed by atoms with Gasteiger partial charge in [-0.1, -0.05) is 0 Å². The molecule has 0 aromatic carbocycles. The zero-order valence-electron chi connectivity index (χ0n) is 6.75. The van der Waals surface area contributed by atoms with Gasteiger partial charge >= 0.3 is 0 Å². The molecule has 1 fully saturated rings. The third-order valence-electron chi connectivity index (χ3n) is 2.20. The van der Waals surface area contributed by atoms with Crippen molar-refractivity contribution in [3.8, 4) is 0 Å². The zero-order chi connectivity index (χ0) is 8.27. The Morgan fingerprint density at radius 1 is 1.82 bits per heavy atom. The van der Waals surface area contributed by atoms with Crippen LogP contribution in [0.2, 0.25) is 0 Å². The van der Waals surface area contributed by atoms with Gasteiger partial charge in [0.1, 0.15) is 0 Å². The quantitative estimate of drug-likeness (QED) is 0.484. The van der Waals surface area contributed by atoms with Crippen LogP contribution in [0.25, 0.3) is 0 Å². The maximum Gasteiger partial charge on any atom is 0.210 e. The van der Waals surface area contributed by atoms with Crippen molar-refractivity contribution in [1.82, 2.24) is 5.32 Å². The Balaban J connectivity index is 2.23. The van der Waals surface area contributed by atoms with Gasteiger partial charge in [0, 0.05) is 18.3 Å². The van der Waals surface area contributed by atoms with Crippen LogP contribution in [0.4, 0.5) is 0 Å². The lowest BCUT2D eigenvalue weighted by atomic mass is 10.0. The number of nitrogens with one attached hydrogen (secondary N) is 1. The van der Waals surface area contributed by atoms with Gasteiger partial charge in [-0.25, -0.2) is 0 Å². The molecule has 1 rings (SSSR count). The van der Waals surface area contributed by atoms with Crippen LogP contribution in [0.1, 0.15) is 19.8 Å². The number of hydrogen-bond acceptors (Lipinski definition) is 3. The molecule has 2 unspecified atom stereocenters. The Morgan fingerprint density at radius 2 is 2.55 bits per heavy atom. The van der Waals surface area contributed by atoms with E-state index in [0.717, 1.165) is 25.9 Å². The standard InChI is InChI=1S/C7H14N2O2/c1-6(9(10)11)4-7-2-3-8-5-7/h6-8H,2-5H2,1H3. The molecule has 0 bridgehead atoms. The van der Waals surface area contributed by atoms with Crippen molar-refractivity contribution < 1.29 is 4.92 Å². The molecule has 0 aromatic rings. The van der Waals surface area contributed by atoms with E-state index >= 15 is 0 Å². The van der Waals surface area contributed by atoms with Crippen LogP contribution in [0.15, 0.2) is 0 Å². The molecule has 0 aliphatic carbocycles. The van der Waals surface area contributed by atoms with Crippen molar-refractivity contribution in [3.63, 3.8) is 0 Å². The summed E-state index contributed by atoms with van der Waals surface area (Å²) < 4.78 is 0. The molecular formula is C7H14N2O2. The van der Waals surface area contributed by atoms with Crippen LogP contribution in [0.3, 0.4) is 0 Å². The highest BCUT2D eigenvalue weighted by molar-refractivity contribution is 4.72. The van der Waals surface area contributed by atoms with Gasteiger partial charge in [0.2, 0.25) is 6.04 Å². The number of nitrogens with zero attached hydrogens (tertiary/aromatic N) is 1. The second-order valence-corrected chi connectivity index (χ2v) is 3.23. The summed E-state index contributed by atoms with van der Waals surface area (Å²) in [7, 11) is 0. The molecule has 0 radical (unpaired) electrons. The van der Waals surface area contributed by atoms with Gasteiger partial charge in [-0.15, -0.1) is 0 Å². The topological polar surface area (TPSA) is 55.2 Å². The first-order valence-electron chi connectivity index (χ1n) is 4.04. The van der Waals surface area contributed by atoms with Crippen molar-refractivity contribution in [1.29, 1.82) is 0 Å². The summed E-state index contributed by atoms with van der Waals surface area (Å²) >= 11 is 0. The van der Waals surface area contributed by atoms with Crippen molar-refractivity contribution in [2.45, 2.75) is 25.8 Å². The Labute approximate surface area is 66.1 Å². The minimum absolute atomic E-state index is 0.196. The summed E-state index contributed by atoms with van der Waals surface area (Å²) in [4.78, 5) is 10.1. The van der Waals surface area contributed by atoms with Crippen molar-refractivity contribution in [2.24, 2.45) is 5.92 Å². The normalized spacial score (nSPS) is 26.8. The second-order valence-electron chi connectivity index (χ2n) is 3.23. The highest BCUT2D eigenvalue weighted by Crippen LogP contribution is 2.15. The van der Waals surface area contributed by atoms with E-state index in [9.17, 15) is 10.1 Å². The summed E-state index contributed by atoms with van der Waals surface area (Å²) in [5.41, 5.74) is 0. The van der Waals surface area contributed by atoms with Crippen LogP contribution < -0.4 is 5.32 Å². The first-order valence-corrected chi connectivity index (χ1v) is 4.04. The minimum atomic E-state index is -0.375. The maximum absolute atomic E-state index is 10.3. The molecular weight excluding hydrogens is 144 g/mol. The average molecular weight is 158 g/mol. The van der Waals surface area contributed by atoms with E-state index in [-0.39, 0.29) is 11.0 Å². The second kappa shape index (κ2) is 3.67. The molecule has 1 aliphatic heterocycles. The molecule has 0 spiro atoms. The van der Waals surface area contributed by atoms with Gasteiger partial charge in [-0.3, -0.25) is 10.1 Å². The van der Waals surface area contributed by atoms with E-state index in [0.29, 0.717) is 5.92 Å². The van der Waals surface area contributed by atoms with Gasteiger partial charge < -0.3 is 5.32 Å². The van der Waals surface area contributed by atoms with Crippen LogP contribution in [0, 0.1) is 16.0 Å². The molecule has 64 valence electrons. The summed E-state index contributed by atoms with van der Waals surface area (Å²) in [6.45, 7) is 3.66. The van der Waals surface area contributed by atoms with E-state index in [2.05, 4.69) is 5.32 Å². The predicted molar refractivity (Wildman–Crippen MR) is 42.1 cm³/mol. The first-order chi connectivity index (χ1) is 5.20. The summed E-state index contributed by atoms with van der Waals surface area (Å²) in [5.74, 6) is 0.524. The van der Waals surface area contributed by atoms with E-state index in [1.807, 2.05) is 0 Å². The third kappa shape index (κ3) is 2.46. The van der Waals surface area contributed by atoms with E-state index in [1.165, 1.54) is 0 Å². The highest BCUT2D eigenvalue weighted by atomic mass is 16.6. The zero-order valence-corrected chi connectivity index (χ0v) is 6.75. The van der Waals surface area contributed by atoms with E-state index in [1.54, 1.807) is 6.92 Å². The molecule has 1 N–H and O–H groups in total. The van der Waals surface area contributed by atoms with Gasteiger partial charge in [0.15, 0.2) is 0 Å². The van der Waals surface area contributed by atoms with Crippen molar-refractivity contribution >= 4 is 0 Å². The predicted octanol–water partition coefficient (Wildman–Crippen LogP) is 0.651. The number of nitro groups is 1. The summed E-state index contributed by atoms with van der Waals surface area (Å²) in [6, 6.07) is -0.375. The van der Waals surface area contributed by atoms with Gasteiger partial charge in [0.25, 0.3) is 0 Å². The molecule has 1 heterocycles. The lowest BCUT2D eigenvalue weighted by molar-refractivity contribution is -0.520. The van der Waals surface area contributed by atoms with Crippen molar-refractivity contribution in [2.75, 3.05) is 13.1 Å². The van der Waals surface area contributed by atoms with Crippen LogP contribution in [-0.4, -0.2) is 24.1 Å². The molecule has 11 heavy (non-hydrogen) atoms. The molecule has 0 saturated carbocycles. The monoisotopic (exact) mass is 158 g/mol. The highest BCUT2D eigenvalue weighted by Gasteiger charge is 2.22. The SMILES string of the molecule is CC(CC1CCNC1)[N+](=O)[O-]. The van der Waals surface area contributed by atoms with E-state index in [4.69, 9.17) is 0 Å². The van der Waals surface area contributed by atoms with Gasteiger partial charge in [0.05, 0.1) is 0 Å². The number of rotatable bonds is 3. The fourth-order valence-corrected chi connectivity index (χ4v) is 1.48. The molecule has 4 heteroatoms. The largest absolute Gasteiger partial charge is 0.316 e. The summed E-state index contributed by atoms with van der Waals surface area (Å²) in [5, 5.41) is 13.5. The van der Waals surface area contributed by atoms with Gasteiger partial charge in [-0.05, 0) is 25.4 Å². The maximum atomic E-state index is 10.3. The molecule has 4 nitrogen and oxygen atoms in total. The molecule has 0 aromatic heterocycles. The smallest absolute Gasteiger partial charge is 0.210 e. The fraction of sp³-hybridized carbons (Fsp3) is 1.00. The minimum Gasteiger partial charge on any atom is -0.316 e. The third-order valence-corrected chi connectivity index (χ3v) is 2.20. The lowest BCUT2D eigenvalue weighted by Gasteiger charge is -2.08. The Morgan fingerprint density at radius 3 is 3.00 bits per heavy atom. The van der Waals surface area contributed by atoms with Crippen molar-refractivity contribution in [3.05, 3.63) is 10.1 Å². The Hall–Kier alpha value is -0.640. The lowest BCUT2D eigenvalue weighted by Crippen LogP contribution is -2.20. The van der Waals surface area contributed by atoms with Crippen LogP contribution in [-0.2, 0) is 0 Å². The number of hydrogen-bond donors (Lipinski definition) is 1. The van der Waals surface area contributed by atoms with E-state index < -0.39 is 0 Å². The fourth-order valence-electron chi connectivity index (χ4n) is 1.48. The van der Waals surface area contributed by atoms with Crippen LogP contribution in [0.5, 0.6) is 0 Å². The first kappa shape index (κ1) is 8.46. The summed E-state index contributed by atoms with van der Waals surface area (Å²) in [6.07, 6.45) is 1.82. The molecule has 1 saturated heterocycles. The molecule has 2 atom stereocenters. The Bertz CT molecular complexity index is 143. The van der Waals surface area contributed by atoms with Crippen LogP contribution >= 0.6 is 0 Å². The Kier molecular flexibility index (Phi) is 2.82. The average Bonchev–Trinajstić information content (AvgIpc) is 2.39. The molecule has 1 aliphatic rings. The van der Waals surface area contributed by atoms with Gasteiger partial charge in [-0.2, -0.15) is 0 Å². The molecule has 0 amide bonds.